The minimum Gasteiger partial charge on any atom is -0.310 e. The summed E-state index contributed by atoms with van der Waals surface area (Å²) in [4.78, 5) is 4.87. The van der Waals surface area contributed by atoms with Crippen molar-refractivity contribution in [2.75, 3.05) is 9.80 Å². The lowest BCUT2D eigenvalue weighted by atomic mass is 9.82. The zero-order chi connectivity index (χ0) is 32.5. The molecule has 1 atom stereocenters. The molecular formula is C46H42N2. The molecule has 0 saturated carbocycles. The van der Waals surface area contributed by atoms with Crippen LogP contribution in [0.2, 0.25) is 0 Å². The van der Waals surface area contributed by atoms with Crippen molar-refractivity contribution in [3.63, 3.8) is 0 Å². The van der Waals surface area contributed by atoms with Gasteiger partial charge in [-0.25, -0.2) is 0 Å². The molecule has 0 saturated heterocycles. The van der Waals surface area contributed by atoms with E-state index < -0.39 is 0 Å². The Morgan fingerprint density at radius 2 is 1.19 bits per heavy atom. The van der Waals surface area contributed by atoms with E-state index in [1.165, 1.54) is 85.9 Å². The lowest BCUT2D eigenvalue weighted by molar-refractivity contribution is 0.559. The fraction of sp³-hybridized carbons (Fsp3) is 0.174. The molecule has 5 aromatic rings. The number of hydrogen-bond acceptors (Lipinski definition) is 2. The van der Waals surface area contributed by atoms with Crippen molar-refractivity contribution in [1.29, 1.82) is 0 Å². The van der Waals surface area contributed by atoms with E-state index >= 15 is 0 Å². The molecule has 0 aliphatic heterocycles. The van der Waals surface area contributed by atoms with Gasteiger partial charge in [-0.3, -0.25) is 0 Å². The normalized spacial score (nSPS) is 16.4. The number of benzene rings is 5. The van der Waals surface area contributed by atoms with Crippen LogP contribution in [0.4, 0.5) is 28.4 Å². The molecule has 48 heavy (non-hydrogen) atoms. The topological polar surface area (TPSA) is 6.48 Å². The summed E-state index contributed by atoms with van der Waals surface area (Å²) in [6.07, 6.45) is 19.7. The van der Waals surface area contributed by atoms with Crippen molar-refractivity contribution in [2.24, 2.45) is 5.92 Å². The van der Waals surface area contributed by atoms with Gasteiger partial charge in [-0.1, -0.05) is 91.0 Å². The average Bonchev–Trinajstić information content (AvgIpc) is 3.13. The van der Waals surface area contributed by atoms with Gasteiger partial charge < -0.3 is 9.80 Å². The van der Waals surface area contributed by atoms with Gasteiger partial charge in [0, 0.05) is 34.0 Å². The number of rotatable bonds is 7. The molecule has 3 aliphatic rings. The van der Waals surface area contributed by atoms with Crippen molar-refractivity contribution in [3.05, 3.63) is 179 Å². The zero-order valence-electron chi connectivity index (χ0n) is 27.9. The van der Waals surface area contributed by atoms with Crippen LogP contribution in [0.1, 0.15) is 47.9 Å². The highest BCUT2D eigenvalue weighted by Crippen LogP contribution is 2.43. The van der Waals surface area contributed by atoms with E-state index in [9.17, 15) is 0 Å². The highest BCUT2D eigenvalue weighted by Gasteiger charge is 2.26. The van der Waals surface area contributed by atoms with Crippen molar-refractivity contribution < 1.29 is 0 Å². The van der Waals surface area contributed by atoms with Crippen LogP contribution >= 0.6 is 0 Å². The van der Waals surface area contributed by atoms with E-state index in [1.54, 1.807) is 0 Å². The van der Waals surface area contributed by atoms with Crippen LogP contribution in [0.5, 0.6) is 0 Å². The smallest absolute Gasteiger partial charge is 0.0536 e. The van der Waals surface area contributed by atoms with Crippen LogP contribution in [0.15, 0.2) is 157 Å². The number of aryl methyl sites for hydroxylation is 3. The molecule has 236 valence electrons. The summed E-state index contributed by atoms with van der Waals surface area (Å²) in [5, 5.41) is 0. The van der Waals surface area contributed by atoms with Crippen LogP contribution < -0.4 is 9.80 Å². The van der Waals surface area contributed by atoms with E-state index in [-0.39, 0.29) is 0 Å². The van der Waals surface area contributed by atoms with E-state index in [0.29, 0.717) is 5.92 Å². The number of nitrogens with zero attached hydrogens (tertiary/aromatic N) is 2. The molecular weight excluding hydrogens is 581 g/mol. The van der Waals surface area contributed by atoms with Crippen LogP contribution in [0.3, 0.4) is 0 Å². The highest BCUT2D eigenvalue weighted by molar-refractivity contribution is 5.86. The van der Waals surface area contributed by atoms with Crippen LogP contribution in [-0.4, -0.2) is 0 Å². The number of anilines is 5. The molecule has 0 amide bonds. The van der Waals surface area contributed by atoms with E-state index in [4.69, 9.17) is 0 Å². The van der Waals surface area contributed by atoms with Gasteiger partial charge in [0.05, 0.1) is 5.69 Å². The molecule has 0 radical (unpaired) electrons. The maximum absolute atomic E-state index is 2.45. The molecule has 2 nitrogen and oxygen atoms in total. The third kappa shape index (κ3) is 5.62. The maximum Gasteiger partial charge on any atom is 0.0536 e. The third-order valence-corrected chi connectivity index (χ3v) is 10.2. The minimum absolute atomic E-state index is 0.593. The molecule has 0 spiro atoms. The predicted molar refractivity (Wildman–Crippen MR) is 205 cm³/mol. The van der Waals surface area contributed by atoms with Crippen molar-refractivity contribution in [2.45, 2.75) is 46.0 Å². The quantitative estimate of drug-likeness (QED) is 0.178. The Hall–Kier alpha value is -5.34. The van der Waals surface area contributed by atoms with Crippen LogP contribution in [0, 0.1) is 19.8 Å². The Kier molecular flexibility index (Phi) is 8.16. The average molecular weight is 623 g/mol. The first-order valence-corrected chi connectivity index (χ1v) is 17.4. The number of allylic oxidation sites excluding steroid dienone is 6. The first-order valence-electron chi connectivity index (χ1n) is 17.4. The number of para-hydroxylation sites is 2. The Morgan fingerprint density at radius 3 is 1.88 bits per heavy atom. The van der Waals surface area contributed by atoms with Gasteiger partial charge in [-0.15, -0.1) is 0 Å². The molecule has 0 aromatic heterocycles. The van der Waals surface area contributed by atoms with Crippen molar-refractivity contribution in [1.82, 2.24) is 0 Å². The van der Waals surface area contributed by atoms with Gasteiger partial charge in [0.25, 0.3) is 0 Å². The molecule has 1 unspecified atom stereocenters. The third-order valence-electron chi connectivity index (χ3n) is 10.2. The largest absolute Gasteiger partial charge is 0.310 e. The lowest BCUT2D eigenvalue weighted by Crippen LogP contribution is -2.22. The zero-order valence-corrected chi connectivity index (χ0v) is 27.9. The number of fused-ring (bicyclic) bond motifs is 2. The fourth-order valence-corrected chi connectivity index (χ4v) is 7.81. The van der Waals surface area contributed by atoms with Gasteiger partial charge in [-0.2, -0.15) is 0 Å². The van der Waals surface area contributed by atoms with Crippen LogP contribution in [-0.2, 0) is 6.42 Å². The Balaban J connectivity index is 1.19. The maximum atomic E-state index is 2.45. The summed E-state index contributed by atoms with van der Waals surface area (Å²) in [6, 6.07) is 42.3. The summed E-state index contributed by atoms with van der Waals surface area (Å²) >= 11 is 0. The number of hydrogen-bond donors (Lipinski definition) is 0. The van der Waals surface area contributed by atoms with Gasteiger partial charge in [0.2, 0.25) is 0 Å². The van der Waals surface area contributed by atoms with E-state index in [2.05, 4.69) is 175 Å². The van der Waals surface area contributed by atoms with E-state index in [0.717, 1.165) is 19.3 Å². The summed E-state index contributed by atoms with van der Waals surface area (Å²) in [5.74, 6) is 0.593. The lowest BCUT2D eigenvalue weighted by Gasteiger charge is -2.34. The molecule has 2 heteroatoms. The first-order chi connectivity index (χ1) is 23.7. The van der Waals surface area contributed by atoms with Crippen LogP contribution in [0.25, 0.3) is 17.2 Å². The Labute approximate surface area is 285 Å². The molecule has 0 fully saturated rings. The minimum atomic E-state index is 0.593. The molecule has 3 aliphatic carbocycles. The Morgan fingerprint density at radius 1 is 0.542 bits per heavy atom. The second-order valence-electron chi connectivity index (χ2n) is 13.3. The monoisotopic (exact) mass is 622 g/mol. The molecule has 0 bridgehead atoms. The van der Waals surface area contributed by atoms with Gasteiger partial charge in [-0.05, 0) is 146 Å². The second-order valence-corrected chi connectivity index (χ2v) is 13.3. The van der Waals surface area contributed by atoms with E-state index in [1.807, 2.05) is 0 Å². The first kappa shape index (κ1) is 30.0. The fourth-order valence-electron chi connectivity index (χ4n) is 7.81. The summed E-state index contributed by atoms with van der Waals surface area (Å²) in [6.45, 7) is 4.51. The summed E-state index contributed by atoms with van der Waals surface area (Å²) in [7, 11) is 0. The SMILES string of the molecule is Cc1cc(N(C2=C3C=CCCC3CC=C2)c2ccccc2)ccc1-c1ccc(N(c2ccccc2)c2cccc3c2C=CCC3)cc1C. The molecule has 0 N–H and O–H groups in total. The Bertz CT molecular complexity index is 2080. The molecule has 5 aromatic carbocycles. The standard InChI is InChI=1S/C46H42N2/c1-33-31-39(47(37-19-5-3-6-20-37)45-25-13-17-35-15-9-11-23-43(35)45)27-29-41(33)42-30-28-40(32-34(42)2)48(38-21-7-4-8-22-38)46-26-14-18-36-16-10-12-24-44(36)46/h3-8,11-14,17,19-32,36H,9-10,15-16,18H2,1-2H3. The molecule has 8 rings (SSSR count). The second kappa shape index (κ2) is 13.0. The van der Waals surface area contributed by atoms with Gasteiger partial charge in [0.15, 0.2) is 0 Å². The predicted octanol–water partition coefficient (Wildman–Crippen LogP) is 12.7. The van der Waals surface area contributed by atoms with Crippen molar-refractivity contribution in [3.8, 4) is 11.1 Å². The van der Waals surface area contributed by atoms with Gasteiger partial charge >= 0.3 is 0 Å². The summed E-state index contributed by atoms with van der Waals surface area (Å²) in [5.41, 5.74) is 16.5. The summed E-state index contributed by atoms with van der Waals surface area (Å²) < 4.78 is 0. The van der Waals surface area contributed by atoms with Gasteiger partial charge in [0.1, 0.15) is 0 Å². The molecule has 0 heterocycles. The van der Waals surface area contributed by atoms with Crippen molar-refractivity contribution >= 4 is 34.5 Å². The highest BCUT2D eigenvalue weighted by atomic mass is 15.2.